The zero-order valence-corrected chi connectivity index (χ0v) is 10.1. The van der Waals surface area contributed by atoms with Gasteiger partial charge < -0.3 is 16.2 Å². The van der Waals surface area contributed by atoms with Crippen LogP contribution in [-0.2, 0) is 9.59 Å². The second-order valence-corrected chi connectivity index (χ2v) is 4.03. The van der Waals surface area contributed by atoms with Gasteiger partial charge in [-0.15, -0.1) is 0 Å². The highest BCUT2D eigenvalue weighted by Gasteiger charge is 2.14. The molecule has 0 fully saturated rings. The Labute approximate surface area is 106 Å². The number of hydrogen-bond acceptors (Lipinski definition) is 3. The molecule has 4 N–H and O–H groups in total. The van der Waals surface area contributed by atoms with Gasteiger partial charge in [0.05, 0.1) is 0 Å². The van der Waals surface area contributed by atoms with E-state index < -0.39 is 12.0 Å². The van der Waals surface area contributed by atoms with E-state index in [0.29, 0.717) is 19.4 Å². The Morgan fingerprint density at radius 3 is 2.50 bits per heavy atom. The second-order valence-electron chi connectivity index (χ2n) is 4.03. The summed E-state index contributed by atoms with van der Waals surface area (Å²) in [5, 5.41) is 11.1. The molecule has 0 aliphatic rings. The molecule has 0 heterocycles. The molecule has 0 saturated heterocycles. The number of nitrogens with one attached hydrogen (secondary N) is 1. The van der Waals surface area contributed by atoms with Gasteiger partial charge in [0.15, 0.2) is 0 Å². The summed E-state index contributed by atoms with van der Waals surface area (Å²) in [6, 6.07) is 8.44. The minimum absolute atomic E-state index is 0.126. The minimum Gasteiger partial charge on any atom is -0.481 e. The summed E-state index contributed by atoms with van der Waals surface area (Å²) in [4.78, 5) is 22.0. The van der Waals surface area contributed by atoms with Crippen LogP contribution in [0.25, 0.3) is 0 Å². The molecule has 0 bridgehead atoms. The number of rotatable bonds is 7. The largest absolute Gasteiger partial charge is 0.481 e. The Morgan fingerprint density at radius 1 is 1.22 bits per heavy atom. The van der Waals surface area contributed by atoms with Crippen molar-refractivity contribution in [1.29, 1.82) is 0 Å². The summed E-state index contributed by atoms with van der Waals surface area (Å²) in [6.07, 6.45) is 1.32. The average molecular weight is 250 g/mol. The molecule has 1 rings (SSSR count). The molecule has 1 aromatic carbocycles. The number of carboxylic acids is 1. The van der Waals surface area contributed by atoms with Crippen molar-refractivity contribution in [2.45, 2.75) is 25.3 Å². The maximum Gasteiger partial charge on any atom is 0.303 e. The van der Waals surface area contributed by atoms with Gasteiger partial charge in [-0.25, -0.2) is 0 Å². The van der Waals surface area contributed by atoms with E-state index in [1.165, 1.54) is 0 Å². The highest BCUT2D eigenvalue weighted by atomic mass is 16.4. The summed E-state index contributed by atoms with van der Waals surface area (Å²) in [6.45, 7) is 0.451. The van der Waals surface area contributed by atoms with Crippen LogP contribution in [0.15, 0.2) is 30.3 Å². The van der Waals surface area contributed by atoms with E-state index >= 15 is 0 Å². The van der Waals surface area contributed by atoms with Crippen LogP contribution in [0.2, 0.25) is 0 Å². The predicted molar refractivity (Wildman–Crippen MR) is 67.9 cm³/mol. The SMILES string of the molecule is N[C@H](C(=O)NCCCCC(=O)O)c1ccccc1. The molecule has 0 unspecified atom stereocenters. The highest BCUT2D eigenvalue weighted by molar-refractivity contribution is 5.82. The lowest BCUT2D eigenvalue weighted by Gasteiger charge is -2.12. The number of unbranched alkanes of at least 4 members (excludes halogenated alkanes) is 1. The van der Waals surface area contributed by atoms with Crippen molar-refractivity contribution in [2.75, 3.05) is 6.54 Å². The third kappa shape index (κ3) is 4.97. The first kappa shape index (κ1) is 14.2. The van der Waals surface area contributed by atoms with Crippen LogP contribution in [0.5, 0.6) is 0 Å². The fourth-order valence-corrected chi connectivity index (χ4v) is 1.53. The Balaban J connectivity index is 2.26. The van der Waals surface area contributed by atoms with Crippen molar-refractivity contribution in [1.82, 2.24) is 5.32 Å². The maximum absolute atomic E-state index is 11.7. The van der Waals surface area contributed by atoms with Crippen LogP contribution in [0.1, 0.15) is 30.9 Å². The third-order valence-corrected chi connectivity index (χ3v) is 2.56. The smallest absolute Gasteiger partial charge is 0.303 e. The van der Waals surface area contributed by atoms with Gasteiger partial charge in [0.1, 0.15) is 6.04 Å². The molecule has 18 heavy (non-hydrogen) atoms. The summed E-state index contributed by atoms with van der Waals surface area (Å²) >= 11 is 0. The number of carbonyl (C=O) groups excluding carboxylic acids is 1. The lowest BCUT2D eigenvalue weighted by molar-refractivity contribution is -0.137. The van der Waals surface area contributed by atoms with Gasteiger partial charge >= 0.3 is 5.97 Å². The monoisotopic (exact) mass is 250 g/mol. The van der Waals surface area contributed by atoms with Crippen molar-refractivity contribution in [2.24, 2.45) is 5.73 Å². The molecule has 1 atom stereocenters. The van der Waals surface area contributed by atoms with Gasteiger partial charge in [0.25, 0.3) is 0 Å². The number of aliphatic carboxylic acids is 1. The van der Waals surface area contributed by atoms with Gasteiger partial charge in [0.2, 0.25) is 5.91 Å². The van der Waals surface area contributed by atoms with Crippen molar-refractivity contribution >= 4 is 11.9 Å². The molecule has 0 radical (unpaired) electrons. The fourth-order valence-electron chi connectivity index (χ4n) is 1.53. The van der Waals surface area contributed by atoms with Crippen LogP contribution < -0.4 is 11.1 Å². The second kappa shape index (κ2) is 7.45. The van der Waals surface area contributed by atoms with E-state index in [4.69, 9.17) is 10.8 Å². The molecule has 0 aliphatic heterocycles. The molecule has 1 aromatic rings. The van der Waals surface area contributed by atoms with E-state index in [9.17, 15) is 9.59 Å². The van der Waals surface area contributed by atoms with Crippen molar-refractivity contribution in [3.63, 3.8) is 0 Å². The zero-order valence-electron chi connectivity index (χ0n) is 10.1. The lowest BCUT2D eigenvalue weighted by atomic mass is 10.1. The normalized spacial score (nSPS) is 11.8. The summed E-state index contributed by atoms with van der Waals surface area (Å²) in [7, 11) is 0. The van der Waals surface area contributed by atoms with Gasteiger partial charge in [-0.05, 0) is 18.4 Å². The summed E-state index contributed by atoms with van der Waals surface area (Å²) in [5.74, 6) is -1.06. The number of hydrogen-bond donors (Lipinski definition) is 3. The van der Waals surface area contributed by atoms with E-state index in [0.717, 1.165) is 5.56 Å². The average Bonchev–Trinajstić information content (AvgIpc) is 2.38. The molecule has 1 amide bonds. The van der Waals surface area contributed by atoms with Crippen LogP contribution in [0, 0.1) is 0 Å². The molecule has 98 valence electrons. The van der Waals surface area contributed by atoms with Crippen LogP contribution in [-0.4, -0.2) is 23.5 Å². The van der Waals surface area contributed by atoms with Gasteiger partial charge in [0, 0.05) is 13.0 Å². The van der Waals surface area contributed by atoms with E-state index in [2.05, 4.69) is 5.32 Å². The molecule has 0 aromatic heterocycles. The first-order chi connectivity index (χ1) is 8.61. The molecular weight excluding hydrogens is 232 g/mol. The minimum atomic E-state index is -0.817. The first-order valence-corrected chi connectivity index (χ1v) is 5.91. The van der Waals surface area contributed by atoms with E-state index in [1.807, 2.05) is 18.2 Å². The van der Waals surface area contributed by atoms with Crippen LogP contribution in [0.4, 0.5) is 0 Å². The standard InChI is InChI=1S/C13H18N2O3/c14-12(10-6-2-1-3-7-10)13(18)15-9-5-4-8-11(16)17/h1-3,6-7,12H,4-5,8-9,14H2,(H,15,18)(H,16,17)/t12-/m0/s1. The molecular formula is C13H18N2O3. The third-order valence-electron chi connectivity index (χ3n) is 2.56. The molecule has 5 heteroatoms. The predicted octanol–water partition coefficient (Wildman–Crippen LogP) is 1.06. The first-order valence-electron chi connectivity index (χ1n) is 5.91. The fraction of sp³-hybridized carbons (Fsp3) is 0.385. The summed E-state index contributed by atoms with van der Waals surface area (Å²) in [5.41, 5.74) is 6.56. The molecule has 0 aliphatic carbocycles. The lowest BCUT2D eigenvalue weighted by Crippen LogP contribution is -2.34. The quantitative estimate of drug-likeness (QED) is 0.631. The van der Waals surface area contributed by atoms with E-state index in [1.54, 1.807) is 12.1 Å². The number of nitrogens with two attached hydrogens (primary N) is 1. The van der Waals surface area contributed by atoms with E-state index in [-0.39, 0.29) is 12.3 Å². The maximum atomic E-state index is 11.7. The van der Waals surface area contributed by atoms with Crippen molar-refractivity contribution < 1.29 is 14.7 Å². The molecule has 0 saturated carbocycles. The highest BCUT2D eigenvalue weighted by Crippen LogP contribution is 2.09. The Morgan fingerprint density at radius 2 is 1.89 bits per heavy atom. The molecule has 0 spiro atoms. The van der Waals surface area contributed by atoms with Crippen molar-refractivity contribution in [3.05, 3.63) is 35.9 Å². The summed E-state index contributed by atoms with van der Waals surface area (Å²) < 4.78 is 0. The van der Waals surface area contributed by atoms with Gasteiger partial charge in [-0.2, -0.15) is 0 Å². The topological polar surface area (TPSA) is 92.4 Å². The Hall–Kier alpha value is -1.88. The van der Waals surface area contributed by atoms with Gasteiger partial charge in [-0.1, -0.05) is 30.3 Å². The Kier molecular flexibility index (Phi) is 5.87. The number of carboxylic acid groups (broad SMARTS) is 1. The van der Waals surface area contributed by atoms with Crippen LogP contribution >= 0.6 is 0 Å². The van der Waals surface area contributed by atoms with Crippen LogP contribution in [0.3, 0.4) is 0 Å². The zero-order chi connectivity index (χ0) is 13.4. The van der Waals surface area contributed by atoms with Crippen molar-refractivity contribution in [3.8, 4) is 0 Å². The number of amides is 1. The van der Waals surface area contributed by atoms with Gasteiger partial charge in [-0.3, -0.25) is 9.59 Å². The molecule has 5 nitrogen and oxygen atoms in total. The Bertz CT molecular complexity index is 392. The number of benzene rings is 1. The number of carbonyl (C=O) groups is 2.